The van der Waals surface area contributed by atoms with Crippen molar-refractivity contribution in [1.82, 2.24) is 15.3 Å². The number of H-pyrrole nitrogens is 1. The molecule has 15 heavy (non-hydrogen) atoms. The molecule has 0 saturated carbocycles. The molecule has 0 radical (unpaired) electrons. The van der Waals surface area contributed by atoms with Crippen molar-refractivity contribution in [2.45, 2.75) is 16.6 Å². The molecule has 0 aliphatic heterocycles. The maximum Gasteiger partial charge on any atom is 0.170 e. The summed E-state index contributed by atoms with van der Waals surface area (Å²) in [5.41, 5.74) is 1.29. The van der Waals surface area contributed by atoms with Crippen LogP contribution in [0, 0.1) is 0 Å². The van der Waals surface area contributed by atoms with E-state index in [0.29, 0.717) is 0 Å². The minimum Gasteiger partial charge on any atom is -0.339 e. The van der Waals surface area contributed by atoms with Crippen LogP contribution in [0.5, 0.6) is 0 Å². The van der Waals surface area contributed by atoms with E-state index in [0.717, 1.165) is 11.7 Å². The summed E-state index contributed by atoms with van der Waals surface area (Å²) in [7, 11) is 1.95. The van der Waals surface area contributed by atoms with Crippen LogP contribution in [-0.4, -0.2) is 17.0 Å². The van der Waals surface area contributed by atoms with Crippen molar-refractivity contribution >= 4 is 11.8 Å². The molecule has 2 N–H and O–H groups in total. The van der Waals surface area contributed by atoms with Crippen LogP contribution in [0.4, 0.5) is 0 Å². The first-order valence-corrected chi connectivity index (χ1v) is 5.61. The number of aromatic amines is 1. The molecule has 1 aromatic heterocycles. The molecule has 0 spiro atoms. The summed E-state index contributed by atoms with van der Waals surface area (Å²) in [6, 6.07) is 8.34. The zero-order valence-electron chi connectivity index (χ0n) is 8.53. The van der Waals surface area contributed by atoms with Crippen molar-refractivity contribution in [3.63, 3.8) is 0 Å². The lowest BCUT2D eigenvalue weighted by atomic mass is 10.2. The summed E-state index contributed by atoms with van der Waals surface area (Å²) >= 11 is 1.65. The van der Waals surface area contributed by atoms with Crippen LogP contribution >= 0.6 is 11.8 Å². The van der Waals surface area contributed by atoms with Crippen molar-refractivity contribution in [2.24, 2.45) is 0 Å². The van der Waals surface area contributed by atoms with Gasteiger partial charge in [-0.05, 0) is 18.7 Å². The summed E-state index contributed by atoms with van der Waals surface area (Å²) in [5, 5.41) is 4.09. The Balaban J connectivity index is 2.20. The van der Waals surface area contributed by atoms with Gasteiger partial charge in [0.15, 0.2) is 5.16 Å². The quantitative estimate of drug-likeness (QED) is 0.829. The molecule has 78 valence electrons. The van der Waals surface area contributed by atoms with Crippen molar-refractivity contribution in [1.29, 1.82) is 0 Å². The molecule has 0 aliphatic rings. The summed E-state index contributed by atoms with van der Waals surface area (Å²) in [4.78, 5) is 8.52. The first-order chi connectivity index (χ1) is 7.40. The van der Waals surface area contributed by atoms with Crippen LogP contribution in [-0.2, 0) is 6.54 Å². The third-order valence-electron chi connectivity index (χ3n) is 2.02. The maximum absolute atomic E-state index is 4.20. The van der Waals surface area contributed by atoms with E-state index >= 15 is 0 Å². The zero-order valence-corrected chi connectivity index (χ0v) is 9.34. The normalized spacial score (nSPS) is 10.5. The van der Waals surface area contributed by atoms with Gasteiger partial charge in [-0.2, -0.15) is 0 Å². The Kier molecular flexibility index (Phi) is 3.42. The summed E-state index contributed by atoms with van der Waals surface area (Å²) in [6.45, 7) is 0.879. The summed E-state index contributed by atoms with van der Waals surface area (Å²) in [6.07, 6.45) is 3.60. The van der Waals surface area contributed by atoms with Gasteiger partial charge in [-0.15, -0.1) is 0 Å². The van der Waals surface area contributed by atoms with Gasteiger partial charge >= 0.3 is 0 Å². The van der Waals surface area contributed by atoms with Gasteiger partial charge < -0.3 is 10.3 Å². The molecule has 2 aromatic rings. The first kappa shape index (κ1) is 10.3. The number of aromatic nitrogens is 2. The molecule has 4 heteroatoms. The van der Waals surface area contributed by atoms with Gasteiger partial charge in [0, 0.05) is 23.8 Å². The zero-order chi connectivity index (χ0) is 10.5. The molecule has 0 saturated heterocycles. The Labute approximate surface area is 93.3 Å². The number of imidazole rings is 1. The van der Waals surface area contributed by atoms with Crippen molar-refractivity contribution in [2.75, 3.05) is 7.05 Å². The van der Waals surface area contributed by atoms with E-state index in [1.165, 1.54) is 10.5 Å². The standard InChI is InChI=1S/C11H13N3S/c1-12-8-9-4-2-3-5-10(9)15-11-13-6-7-14-11/h2-7,12H,8H2,1H3,(H,13,14). The number of hydrogen-bond acceptors (Lipinski definition) is 3. The van der Waals surface area contributed by atoms with Crippen LogP contribution < -0.4 is 5.32 Å². The highest BCUT2D eigenvalue weighted by Gasteiger charge is 2.03. The van der Waals surface area contributed by atoms with E-state index in [1.54, 1.807) is 18.0 Å². The first-order valence-electron chi connectivity index (χ1n) is 4.80. The number of hydrogen-bond donors (Lipinski definition) is 2. The van der Waals surface area contributed by atoms with Gasteiger partial charge in [0.2, 0.25) is 0 Å². The van der Waals surface area contributed by atoms with E-state index in [9.17, 15) is 0 Å². The van der Waals surface area contributed by atoms with E-state index < -0.39 is 0 Å². The number of nitrogens with one attached hydrogen (secondary N) is 2. The van der Waals surface area contributed by atoms with Gasteiger partial charge in [-0.25, -0.2) is 4.98 Å². The highest BCUT2D eigenvalue weighted by atomic mass is 32.2. The SMILES string of the molecule is CNCc1ccccc1Sc1ncc[nH]1. The van der Waals surface area contributed by atoms with Crippen molar-refractivity contribution in [3.8, 4) is 0 Å². The third-order valence-corrected chi connectivity index (χ3v) is 3.05. The Morgan fingerprint density at radius 1 is 1.40 bits per heavy atom. The molecule has 0 amide bonds. The van der Waals surface area contributed by atoms with Crippen LogP contribution in [0.1, 0.15) is 5.56 Å². The fourth-order valence-corrected chi connectivity index (χ4v) is 2.22. The molecule has 0 unspecified atom stereocenters. The van der Waals surface area contributed by atoms with Gasteiger partial charge in [0.1, 0.15) is 0 Å². The minimum atomic E-state index is 0.879. The van der Waals surface area contributed by atoms with E-state index in [2.05, 4.69) is 33.5 Å². The predicted octanol–water partition coefficient (Wildman–Crippen LogP) is 2.28. The smallest absolute Gasteiger partial charge is 0.170 e. The lowest BCUT2D eigenvalue weighted by Gasteiger charge is -2.06. The van der Waals surface area contributed by atoms with E-state index in [1.807, 2.05) is 19.3 Å². The lowest BCUT2D eigenvalue weighted by Crippen LogP contribution is -2.05. The Morgan fingerprint density at radius 2 is 2.27 bits per heavy atom. The molecule has 1 aromatic carbocycles. The minimum absolute atomic E-state index is 0.879. The molecule has 0 aliphatic carbocycles. The van der Waals surface area contributed by atoms with E-state index in [4.69, 9.17) is 0 Å². The van der Waals surface area contributed by atoms with Crippen LogP contribution in [0.2, 0.25) is 0 Å². The second-order valence-electron chi connectivity index (χ2n) is 3.13. The van der Waals surface area contributed by atoms with Gasteiger partial charge in [0.25, 0.3) is 0 Å². The van der Waals surface area contributed by atoms with Gasteiger partial charge in [-0.3, -0.25) is 0 Å². The average Bonchev–Trinajstić information content (AvgIpc) is 2.74. The Morgan fingerprint density at radius 3 is 3.00 bits per heavy atom. The maximum atomic E-state index is 4.20. The summed E-state index contributed by atoms with van der Waals surface area (Å²) in [5.74, 6) is 0. The Hall–Kier alpha value is -1.26. The van der Waals surface area contributed by atoms with Crippen molar-refractivity contribution < 1.29 is 0 Å². The molecule has 0 atom stereocenters. The molecule has 1 heterocycles. The largest absolute Gasteiger partial charge is 0.339 e. The molecule has 2 rings (SSSR count). The number of nitrogens with zero attached hydrogens (tertiary/aromatic N) is 1. The highest BCUT2D eigenvalue weighted by molar-refractivity contribution is 7.99. The van der Waals surface area contributed by atoms with Crippen molar-refractivity contribution in [3.05, 3.63) is 42.2 Å². The monoisotopic (exact) mass is 219 g/mol. The van der Waals surface area contributed by atoms with Crippen LogP contribution in [0.25, 0.3) is 0 Å². The second kappa shape index (κ2) is 5.00. The number of benzene rings is 1. The fourth-order valence-electron chi connectivity index (χ4n) is 1.35. The van der Waals surface area contributed by atoms with Crippen LogP contribution in [0.3, 0.4) is 0 Å². The van der Waals surface area contributed by atoms with Gasteiger partial charge in [0.05, 0.1) is 0 Å². The molecular formula is C11H13N3S. The molecule has 0 fully saturated rings. The fraction of sp³-hybridized carbons (Fsp3) is 0.182. The highest BCUT2D eigenvalue weighted by Crippen LogP contribution is 2.27. The predicted molar refractivity (Wildman–Crippen MR) is 61.9 cm³/mol. The lowest BCUT2D eigenvalue weighted by molar-refractivity contribution is 0.803. The van der Waals surface area contributed by atoms with Gasteiger partial charge in [-0.1, -0.05) is 30.0 Å². The molecule has 0 bridgehead atoms. The number of rotatable bonds is 4. The topological polar surface area (TPSA) is 40.7 Å². The Bertz CT molecular complexity index is 412. The second-order valence-corrected chi connectivity index (χ2v) is 4.17. The third kappa shape index (κ3) is 2.61. The van der Waals surface area contributed by atoms with E-state index in [-0.39, 0.29) is 0 Å². The molecular weight excluding hydrogens is 206 g/mol. The average molecular weight is 219 g/mol. The molecule has 3 nitrogen and oxygen atoms in total. The van der Waals surface area contributed by atoms with Crippen LogP contribution in [0.15, 0.2) is 46.7 Å². The summed E-state index contributed by atoms with van der Waals surface area (Å²) < 4.78 is 0.